The van der Waals surface area contributed by atoms with Gasteiger partial charge in [0.1, 0.15) is 12.4 Å². The van der Waals surface area contributed by atoms with Gasteiger partial charge in [0.15, 0.2) is 0 Å². The molecule has 2 rings (SSSR count). The fourth-order valence-corrected chi connectivity index (χ4v) is 1.96. The van der Waals surface area contributed by atoms with Gasteiger partial charge in [0.25, 0.3) is 0 Å². The van der Waals surface area contributed by atoms with E-state index in [-0.39, 0.29) is 11.9 Å². The van der Waals surface area contributed by atoms with Gasteiger partial charge in [0, 0.05) is 0 Å². The average molecular weight is 310 g/mol. The van der Waals surface area contributed by atoms with Gasteiger partial charge in [0.2, 0.25) is 0 Å². The van der Waals surface area contributed by atoms with Crippen molar-refractivity contribution in [3.8, 4) is 5.75 Å². The maximum absolute atomic E-state index is 11.6. The summed E-state index contributed by atoms with van der Waals surface area (Å²) in [5.41, 5.74) is 3.05. The number of carbonyl (C=O) groups excluding carboxylic acids is 1. The van der Waals surface area contributed by atoms with Crippen molar-refractivity contribution in [2.45, 2.75) is 27.4 Å². The topological polar surface area (TPSA) is 35.5 Å². The minimum Gasteiger partial charge on any atom is -0.496 e. The van der Waals surface area contributed by atoms with Crippen LogP contribution in [0.5, 0.6) is 5.75 Å². The molecule has 0 aliphatic heterocycles. The van der Waals surface area contributed by atoms with E-state index in [1.54, 1.807) is 6.26 Å². The number of hydrogen-bond acceptors (Lipinski definition) is 3. The highest BCUT2D eigenvalue weighted by Crippen LogP contribution is 2.21. The van der Waals surface area contributed by atoms with Crippen LogP contribution in [0.25, 0.3) is 6.08 Å². The predicted octanol–water partition coefficient (Wildman–Crippen LogP) is 4.74. The normalized spacial score (nSPS) is 11.0. The molecule has 0 saturated heterocycles. The summed E-state index contributed by atoms with van der Waals surface area (Å²) < 4.78 is 10.9. The monoisotopic (exact) mass is 310 g/mol. The van der Waals surface area contributed by atoms with Crippen LogP contribution in [0.1, 0.15) is 30.5 Å². The van der Waals surface area contributed by atoms with E-state index >= 15 is 0 Å². The Bertz CT molecular complexity index is 673. The maximum Gasteiger partial charge on any atom is 0.313 e. The molecule has 0 radical (unpaired) electrons. The Morgan fingerprint density at radius 2 is 1.87 bits per heavy atom. The van der Waals surface area contributed by atoms with E-state index in [0.29, 0.717) is 12.4 Å². The smallest absolute Gasteiger partial charge is 0.313 e. The first kappa shape index (κ1) is 16.8. The summed E-state index contributed by atoms with van der Waals surface area (Å²) in [6.45, 7) is 6.10. The van der Waals surface area contributed by atoms with Crippen molar-refractivity contribution >= 4 is 12.0 Å². The highest BCUT2D eigenvalue weighted by atomic mass is 16.5. The van der Waals surface area contributed by atoms with Gasteiger partial charge in [-0.25, -0.2) is 0 Å². The molecular formula is C20H22O3. The minimum absolute atomic E-state index is 0.139. The fraction of sp³-hybridized carbons (Fsp3) is 0.250. The molecule has 0 fully saturated rings. The van der Waals surface area contributed by atoms with Crippen molar-refractivity contribution in [2.24, 2.45) is 5.92 Å². The zero-order valence-corrected chi connectivity index (χ0v) is 13.8. The van der Waals surface area contributed by atoms with E-state index in [0.717, 1.165) is 16.7 Å². The third-order valence-electron chi connectivity index (χ3n) is 3.33. The van der Waals surface area contributed by atoms with Crippen LogP contribution in [0.4, 0.5) is 0 Å². The molecule has 0 unspecified atom stereocenters. The average Bonchev–Trinajstić information content (AvgIpc) is 2.54. The van der Waals surface area contributed by atoms with E-state index in [1.165, 1.54) is 0 Å². The molecule has 0 atom stereocenters. The van der Waals surface area contributed by atoms with Crippen LogP contribution < -0.4 is 4.74 Å². The number of esters is 1. The molecule has 2 aromatic rings. The lowest BCUT2D eigenvalue weighted by molar-refractivity contribution is -0.137. The molecule has 0 heterocycles. The highest BCUT2D eigenvalue weighted by Gasteiger charge is 2.11. The second kappa shape index (κ2) is 8.18. The van der Waals surface area contributed by atoms with Gasteiger partial charge in [-0.15, -0.1) is 0 Å². The van der Waals surface area contributed by atoms with Crippen molar-refractivity contribution < 1.29 is 14.3 Å². The summed E-state index contributed by atoms with van der Waals surface area (Å²) >= 11 is 0. The Morgan fingerprint density at radius 3 is 2.52 bits per heavy atom. The Kier molecular flexibility index (Phi) is 5.98. The summed E-state index contributed by atoms with van der Waals surface area (Å²) in [5.74, 6) is 0.244. The van der Waals surface area contributed by atoms with E-state index in [4.69, 9.17) is 9.47 Å². The second-order valence-electron chi connectivity index (χ2n) is 5.70. The van der Waals surface area contributed by atoms with Crippen LogP contribution >= 0.6 is 0 Å². The van der Waals surface area contributed by atoms with Gasteiger partial charge in [-0.2, -0.15) is 0 Å². The van der Waals surface area contributed by atoms with Crippen LogP contribution in [-0.2, 0) is 16.1 Å². The lowest BCUT2D eigenvalue weighted by Gasteiger charge is -2.09. The molecule has 0 aromatic heterocycles. The van der Waals surface area contributed by atoms with E-state index in [2.05, 4.69) is 0 Å². The molecule has 0 amide bonds. The van der Waals surface area contributed by atoms with Crippen molar-refractivity contribution in [3.63, 3.8) is 0 Å². The number of ether oxygens (including phenoxy) is 2. The second-order valence-corrected chi connectivity index (χ2v) is 5.70. The van der Waals surface area contributed by atoms with E-state index < -0.39 is 0 Å². The van der Waals surface area contributed by atoms with Crippen molar-refractivity contribution in [1.82, 2.24) is 0 Å². The van der Waals surface area contributed by atoms with Gasteiger partial charge in [-0.1, -0.05) is 50.2 Å². The molecule has 120 valence electrons. The first-order chi connectivity index (χ1) is 11.1. The van der Waals surface area contributed by atoms with Gasteiger partial charge >= 0.3 is 5.97 Å². The number of carbonyl (C=O) groups is 1. The predicted molar refractivity (Wildman–Crippen MR) is 91.9 cm³/mol. The van der Waals surface area contributed by atoms with Crippen molar-refractivity contribution in [2.75, 3.05) is 0 Å². The fourth-order valence-electron chi connectivity index (χ4n) is 1.96. The maximum atomic E-state index is 11.6. The highest BCUT2D eigenvalue weighted by molar-refractivity contribution is 5.74. The van der Waals surface area contributed by atoms with Gasteiger partial charge in [0.05, 0.1) is 12.2 Å². The molecule has 0 spiro atoms. The van der Waals surface area contributed by atoms with Gasteiger partial charge < -0.3 is 9.47 Å². The van der Waals surface area contributed by atoms with Gasteiger partial charge in [-0.05, 0) is 41.8 Å². The molecule has 0 bridgehead atoms. The Labute approximate surface area is 137 Å². The standard InChI is InChI=1S/C20H22O3/c1-15(2)20(21)23-19-10-9-17(13-16(19)3)11-12-22-14-18-7-5-4-6-8-18/h4-13,15H,14H2,1-3H3. The first-order valence-electron chi connectivity index (χ1n) is 7.70. The van der Waals surface area contributed by atoms with Crippen LogP contribution in [0.2, 0.25) is 0 Å². The lowest BCUT2D eigenvalue weighted by Crippen LogP contribution is -2.15. The number of rotatable bonds is 6. The molecule has 0 aliphatic carbocycles. The molecule has 2 aromatic carbocycles. The first-order valence-corrected chi connectivity index (χ1v) is 7.70. The molecular weight excluding hydrogens is 288 g/mol. The Morgan fingerprint density at radius 1 is 1.13 bits per heavy atom. The Hall–Kier alpha value is -2.55. The summed E-state index contributed by atoms with van der Waals surface area (Å²) in [6.07, 6.45) is 3.57. The molecule has 0 saturated carbocycles. The molecule has 0 aliphatic rings. The third kappa shape index (κ3) is 5.29. The number of benzene rings is 2. The summed E-state index contributed by atoms with van der Waals surface area (Å²) in [7, 11) is 0. The van der Waals surface area contributed by atoms with Gasteiger partial charge in [-0.3, -0.25) is 4.79 Å². The number of aryl methyl sites for hydroxylation is 1. The summed E-state index contributed by atoms with van der Waals surface area (Å²) in [5, 5.41) is 0. The molecule has 3 nitrogen and oxygen atoms in total. The van der Waals surface area contributed by atoms with Crippen LogP contribution in [0.3, 0.4) is 0 Å². The third-order valence-corrected chi connectivity index (χ3v) is 3.33. The largest absolute Gasteiger partial charge is 0.496 e. The molecule has 3 heteroatoms. The summed E-state index contributed by atoms with van der Waals surface area (Å²) in [6, 6.07) is 15.7. The lowest BCUT2D eigenvalue weighted by atomic mass is 10.1. The van der Waals surface area contributed by atoms with E-state index in [1.807, 2.05) is 75.4 Å². The zero-order chi connectivity index (χ0) is 16.7. The number of hydrogen-bond donors (Lipinski definition) is 0. The van der Waals surface area contributed by atoms with Crippen LogP contribution in [0, 0.1) is 12.8 Å². The summed E-state index contributed by atoms with van der Waals surface area (Å²) in [4.78, 5) is 11.6. The van der Waals surface area contributed by atoms with E-state index in [9.17, 15) is 4.79 Å². The van der Waals surface area contributed by atoms with Crippen molar-refractivity contribution in [1.29, 1.82) is 0 Å². The Balaban J connectivity index is 1.92. The van der Waals surface area contributed by atoms with Crippen LogP contribution in [-0.4, -0.2) is 5.97 Å². The molecule has 0 N–H and O–H groups in total. The van der Waals surface area contributed by atoms with Crippen molar-refractivity contribution in [3.05, 3.63) is 71.5 Å². The SMILES string of the molecule is Cc1cc(C=COCc2ccccc2)ccc1OC(=O)C(C)C. The van der Waals surface area contributed by atoms with Crippen LogP contribution in [0.15, 0.2) is 54.8 Å². The molecule has 23 heavy (non-hydrogen) atoms. The minimum atomic E-state index is -0.220. The zero-order valence-electron chi connectivity index (χ0n) is 13.8. The quantitative estimate of drug-likeness (QED) is 0.439.